The molecule has 2 fully saturated rings. The van der Waals surface area contributed by atoms with E-state index in [1.807, 2.05) is 29.8 Å². The number of fused-ring (bicyclic) bond motifs is 4. The molecule has 0 aliphatic carbocycles. The van der Waals surface area contributed by atoms with Crippen molar-refractivity contribution in [2.45, 2.75) is 50.7 Å². The van der Waals surface area contributed by atoms with Crippen molar-refractivity contribution in [2.24, 2.45) is 0 Å². The van der Waals surface area contributed by atoms with Gasteiger partial charge in [-0.25, -0.2) is 19.9 Å². The molecule has 4 aromatic rings. The molecule has 4 aromatic heterocycles. The molecular formula is C22H23ClN8S. The van der Waals surface area contributed by atoms with Gasteiger partial charge in [-0.15, -0.1) is 12.4 Å². The number of rotatable bonds is 3. The van der Waals surface area contributed by atoms with Gasteiger partial charge in [0.25, 0.3) is 0 Å². The third-order valence-electron chi connectivity index (χ3n) is 6.49. The fraction of sp³-hybridized carbons (Fsp3) is 0.409. The first-order valence-electron chi connectivity index (χ1n) is 10.6. The number of aryl methyl sites for hydroxylation is 1. The molecule has 0 saturated carbocycles. The fourth-order valence-electron chi connectivity index (χ4n) is 4.94. The summed E-state index contributed by atoms with van der Waals surface area (Å²) in [5.74, 6) is 0.593. The van der Waals surface area contributed by atoms with Crippen LogP contribution in [0.3, 0.4) is 0 Å². The van der Waals surface area contributed by atoms with Gasteiger partial charge in [0.2, 0.25) is 0 Å². The van der Waals surface area contributed by atoms with E-state index in [1.165, 1.54) is 25.7 Å². The van der Waals surface area contributed by atoms with E-state index in [2.05, 4.69) is 33.3 Å². The number of halogens is 1. The summed E-state index contributed by atoms with van der Waals surface area (Å²) in [6.45, 7) is 1.92. The average Bonchev–Trinajstić information content (AvgIpc) is 3.46. The Kier molecular flexibility index (Phi) is 5.24. The first-order valence-corrected chi connectivity index (χ1v) is 11.4. The lowest BCUT2D eigenvalue weighted by molar-refractivity contribution is 0.354. The van der Waals surface area contributed by atoms with Gasteiger partial charge in [-0.2, -0.15) is 5.26 Å². The van der Waals surface area contributed by atoms with E-state index in [0.29, 0.717) is 35.2 Å². The third kappa shape index (κ3) is 3.48. The van der Waals surface area contributed by atoms with Gasteiger partial charge in [-0.05, 0) is 38.7 Å². The van der Waals surface area contributed by atoms with Crippen molar-refractivity contribution in [3.63, 3.8) is 0 Å². The van der Waals surface area contributed by atoms with E-state index in [4.69, 9.17) is 9.97 Å². The Labute approximate surface area is 195 Å². The monoisotopic (exact) mass is 466 g/mol. The van der Waals surface area contributed by atoms with Gasteiger partial charge >= 0.3 is 0 Å². The van der Waals surface area contributed by atoms with Gasteiger partial charge in [0.05, 0.1) is 17.5 Å². The van der Waals surface area contributed by atoms with Crippen LogP contribution in [0, 0.1) is 18.3 Å². The highest BCUT2D eigenvalue weighted by atomic mass is 35.5. The lowest BCUT2D eigenvalue weighted by Crippen LogP contribution is -2.47. The van der Waals surface area contributed by atoms with Crippen LogP contribution in [-0.4, -0.2) is 49.5 Å². The minimum Gasteiger partial charge on any atom is -0.348 e. The average molecular weight is 467 g/mol. The summed E-state index contributed by atoms with van der Waals surface area (Å²) >= 11 is 1.61. The second-order valence-electron chi connectivity index (χ2n) is 8.62. The lowest BCUT2D eigenvalue weighted by Gasteiger charge is -2.35. The van der Waals surface area contributed by atoms with Crippen LogP contribution in [0.5, 0.6) is 0 Å². The van der Waals surface area contributed by atoms with Crippen molar-refractivity contribution in [1.82, 2.24) is 29.7 Å². The fourth-order valence-corrected chi connectivity index (χ4v) is 5.88. The molecular weight excluding hydrogens is 444 g/mol. The molecule has 0 radical (unpaired) electrons. The van der Waals surface area contributed by atoms with Crippen molar-refractivity contribution >= 4 is 44.9 Å². The molecule has 2 saturated heterocycles. The van der Waals surface area contributed by atoms with E-state index in [-0.39, 0.29) is 12.4 Å². The Morgan fingerprint density at radius 1 is 1.19 bits per heavy atom. The predicted molar refractivity (Wildman–Crippen MR) is 127 cm³/mol. The first kappa shape index (κ1) is 21.1. The molecule has 0 amide bonds. The highest BCUT2D eigenvalue weighted by Crippen LogP contribution is 2.35. The maximum absolute atomic E-state index is 9.56. The quantitative estimate of drug-likeness (QED) is 0.491. The smallest absolute Gasteiger partial charge is 0.187 e. The van der Waals surface area contributed by atoms with Gasteiger partial charge in [0.1, 0.15) is 16.4 Å². The summed E-state index contributed by atoms with van der Waals surface area (Å²) in [4.78, 5) is 21.8. The molecule has 6 rings (SSSR count). The molecule has 164 valence electrons. The summed E-state index contributed by atoms with van der Waals surface area (Å²) in [6, 6.07) is 5.84. The van der Waals surface area contributed by atoms with Gasteiger partial charge in [0, 0.05) is 43.1 Å². The maximum Gasteiger partial charge on any atom is 0.187 e. The minimum atomic E-state index is 0. The molecule has 0 unspecified atom stereocenters. The summed E-state index contributed by atoms with van der Waals surface area (Å²) in [7, 11) is 2.15. The number of hydrogen-bond donors (Lipinski definition) is 1. The molecule has 8 nitrogen and oxygen atoms in total. The van der Waals surface area contributed by atoms with Gasteiger partial charge < -0.3 is 14.6 Å². The molecule has 2 bridgehead atoms. The van der Waals surface area contributed by atoms with Crippen LogP contribution in [0.2, 0.25) is 0 Å². The molecule has 0 aromatic carbocycles. The second kappa shape index (κ2) is 7.96. The zero-order valence-electron chi connectivity index (χ0n) is 17.8. The summed E-state index contributed by atoms with van der Waals surface area (Å²) < 4.78 is 1.87. The highest BCUT2D eigenvalue weighted by molar-refractivity contribution is 7.21. The first-order chi connectivity index (χ1) is 15.1. The zero-order valence-corrected chi connectivity index (χ0v) is 19.4. The lowest BCUT2D eigenvalue weighted by atomic mass is 9.99. The Hall–Kier alpha value is -2.80. The Bertz CT molecular complexity index is 1340. The number of aromatic nitrogens is 5. The van der Waals surface area contributed by atoms with Gasteiger partial charge in [-0.3, -0.25) is 0 Å². The van der Waals surface area contributed by atoms with E-state index in [0.717, 1.165) is 26.7 Å². The largest absolute Gasteiger partial charge is 0.348 e. The molecule has 2 aliphatic heterocycles. The highest BCUT2D eigenvalue weighted by Gasteiger charge is 2.35. The van der Waals surface area contributed by atoms with E-state index in [1.54, 1.807) is 17.5 Å². The molecule has 0 spiro atoms. The van der Waals surface area contributed by atoms with Crippen LogP contribution in [0.4, 0.5) is 5.13 Å². The van der Waals surface area contributed by atoms with Crippen LogP contribution >= 0.6 is 23.7 Å². The Morgan fingerprint density at radius 2 is 1.97 bits per heavy atom. The molecule has 1 N–H and O–H groups in total. The molecule has 2 aliphatic rings. The van der Waals surface area contributed by atoms with Crippen LogP contribution in [0.15, 0.2) is 24.7 Å². The zero-order chi connectivity index (χ0) is 21.1. The Morgan fingerprint density at radius 3 is 2.72 bits per heavy atom. The van der Waals surface area contributed by atoms with Crippen molar-refractivity contribution in [3.05, 3.63) is 35.9 Å². The number of piperidine rings is 1. The van der Waals surface area contributed by atoms with Crippen LogP contribution in [-0.2, 0) is 0 Å². The number of pyridine rings is 1. The Balaban J connectivity index is 0.00000216. The summed E-state index contributed by atoms with van der Waals surface area (Å²) in [5, 5.41) is 14.3. The minimum absolute atomic E-state index is 0. The van der Waals surface area contributed by atoms with Crippen molar-refractivity contribution in [2.75, 3.05) is 11.9 Å². The number of nitriles is 1. The maximum atomic E-state index is 9.56. The second-order valence-corrected chi connectivity index (χ2v) is 9.58. The van der Waals surface area contributed by atoms with Crippen LogP contribution in [0.1, 0.15) is 36.9 Å². The van der Waals surface area contributed by atoms with Gasteiger partial charge in [-0.1, -0.05) is 11.3 Å². The molecule has 3 atom stereocenters. The molecule has 10 heteroatoms. The number of hydrogen-bond acceptors (Lipinski definition) is 8. The predicted octanol–water partition coefficient (Wildman–Crippen LogP) is 3.72. The standard InChI is InChI=1S/C22H22N8S.ClH/c1-12-10-30-11-14(5-13(8-23)20(30)25-12)19-24-9-18-21(28-19)31-22(27-18)29(2)17-6-15-3-4-16(7-17)26-15;/h5,9-11,15-17,26H,3-4,6-7H2,1-2H3;1H/t15-,16+,17-;. The molecule has 32 heavy (non-hydrogen) atoms. The normalized spacial score (nSPS) is 22.1. The number of nitrogens with one attached hydrogen (secondary N) is 1. The van der Waals surface area contributed by atoms with Crippen molar-refractivity contribution in [1.29, 1.82) is 5.26 Å². The van der Waals surface area contributed by atoms with E-state index in [9.17, 15) is 5.26 Å². The summed E-state index contributed by atoms with van der Waals surface area (Å²) in [5.41, 5.74) is 3.64. The number of anilines is 1. The van der Waals surface area contributed by atoms with Crippen molar-refractivity contribution < 1.29 is 0 Å². The topological polar surface area (TPSA) is 95.0 Å². The van der Waals surface area contributed by atoms with E-state index >= 15 is 0 Å². The van der Waals surface area contributed by atoms with E-state index < -0.39 is 0 Å². The number of thiazole rings is 1. The number of imidazole rings is 1. The number of nitrogens with zero attached hydrogens (tertiary/aromatic N) is 7. The van der Waals surface area contributed by atoms with Gasteiger partial charge in [0.15, 0.2) is 16.6 Å². The summed E-state index contributed by atoms with van der Waals surface area (Å²) in [6.07, 6.45) is 10.5. The van der Waals surface area contributed by atoms with Crippen LogP contribution in [0.25, 0.3) is 27.4 Å². The SMILES string of the molecule is Cc1cn2cc(-c3ncc4nc(N(C)[C@@H]5C[C@H]6CC[C@@H](C5)N6)sc4n3)cc(C#N)c2n1.Cl. The molecule has 6 heterocycles. The van der Waals surface area contributed by atoms with Crippen molar-refractivity contribution in [3.8, 4) is 17.5 Å². The third-order valence-corrected chi connectivity index (χ3v) is 7.54. The van der Waals surface area contributed by atoms with Crippen LogP contribution < -0.4 is 10.2 Å².